The topological polar surface area (TPSA) is 79.9 Å². The molecule has 7 heteroatoms. The van der Waals surface area contributed by atoms with E-state index in [0.717, 1.165) is 30.2 Å². The van der Waals surface area contributed by atoms with Crippen molar-refractivity contribution in [3.8, 4) is 11.5 Å². The quantitative estimate of drug-likeness (QED) is 0.782. The Bertz CT molecular complexity index is 620. The Hall–Kier alpha value is -2.28. The van der Waals surface area contributed by atoms with Gasteiger partial charge in [0.25, 0.3) is 0 Å². The van der Waals surface area contributed by atoms with Gasteiger partial charge in [0.05, 0.1) is 12.5 Å². The number of hydrogen-bond donors (Lipinski definition) is 2. The summed E-state index contributed by atoms with van der Waals surface area (Å²) < 4.78 is 10.6. The number of benzene rings is 1. The highest BCUT2D eigenvalue weighted by molar-refractivity contribution is 5.88. The highest BCUT2D eigenvalue weighted by Crippen LogP contribution is 2.32. The van der Waals surface area contributed by atoms with Crippen LogP contribution in [0.2, 0.25) is 0 Å². The molecule has 24 heavy (non-hydrogen) atoms. The molecule has 2 heterocycles. The van der Waals surface area contributed by atoms with E-state index in [0.29, 0.717) is 19.5 Å². The summed E-state index contributed by atoms with van der Waals surface area (Å²) in [6.07, 6.45) is 0.900. The molecule has 2 amide bonds. The van der Waals surface area contributed by atoms with E-state index in [-0.39, 0.29) is 31.1 Å². The molecule has 0 radical (unpaired) electrons. The molecule has 1 saturated heterocycles. The molecular formula is C17H23N3O4. The van der Waals surface area contributed by atoms with E-state index < -0.39 is 0 Å². The van der Waals surface area contributed by atoms with Gasteiger partial charge in [-0.25, -0.2) is 0 Å². The summed E-state index contributed by atoms with van der Waals surface area (Å²) in [7, 11) is 0. The predicted molar refractivity (Wildman–Crippen MR) is 87.9 cm³/mol. The van der Waals surface area contributed by atoms with Crippen LogP contribution in [0.15, 0.2) is 18.2 Å². The molecule has 1 fully saturated rings. The Balaban J connectivity index is 1.46. The minimum absolute atomic E-state index is 0.0611. The fourth-order valence-electron chi connectivity index (χ4n) is 3.05. The molecule has 0 spiro atoms. The summed E-state index contributed by atoms with van der Waals surface area (Å²) in [5.41, 5.74) is 1.07. The Morgan fingerprint density at radius 2 is 2.21 bits per heavy atom. The van der Waals surface area contributed by atoms with Gasteiger partial charge in [-0.15, -0.1) is 0 Å². The first kappa shape index (κ1) is 16.6. The van der Waals surface area contributed by atoms with Crippen LogP contribution >= 0.6 is 0 Å². The monoisotopic (exact) mass is 333 g/mol. The molecule has 3 rings (SSSR count). The summed E-state index contributed by atoms with van der Waals surface area (Å²) in [6, 6.07) is 5.41. The third-order valence-electron chi connectivity index (χ3n) is 4.40. The number of carbonyl (C=O) groups excluding carboxylic acids is 2. The summed E-state index contributed by atoms with van der Waals surface area (Å²) in [6.45, 7) is 4.99. The van der Waals surface area contributed by atoms with Gasteiger partial charge in [-0.3, -0.25) is 14.5 Å². The number of nitrogens with zero attached hydrogens (tertiary/aromatic N) is 1. The molecule has 1 aromatic rings. The SMILES string of the molecule is CCN1CCNC(=O)[C@H]1CC(=O)NCCc1ccc2c(c1)OCO2. The van der Waals surface area contributed by atoms with Gasteiger partial charge >= 0.3 is 0 Å². The molecule has 0 aromatic heterocycles. The number of likely N-dealkylation sites (N-methyl/N-ethyl adjacent to an activating group) is 1. The summed E-state index contributed by atoms with van der Waals surface area (Å²) in [5, 5.41) is 5.71. The van der Waals surface area contributed by atoms with Crippen molar-refractivity contribution in [2.45, 2.75) is 25.8 Å². The Kier molecular flexibility index (Phi) is 5.20. The van der Waals surface area contributed by atoms with Crippen LogP contribution in [0.4, 0.5) is 0 Å². The molecule has 2 N–H and O–H groups in total. The summed E-state index contributed by atoms with van der Waals surface area (Å²) in [4.78, 5) is 26.1. The first-order valence-electron chi connectivity index (χ1n) is 8.34. The van der Waals surface area contributed by atoms with Crippen LogP contribution in [0.3, 0.4) is 0 Å². The predicted octanol–water partition coefficient (Wildman–Crippen LogP) is 0.284. The van der Waals surface area contributed by atoms with Gasteiger partial charge in [-0.2, -0.15) is 0 Å². The second-order valence-corrected chi connectivity index (χ2v) is 5.93. The van der Waals surface area contributed by atoms with Gasteiger partial charge in [0.15, 0.2) is 11.5 Å². The van der Waals surface area contributed by atoms with Crippen molar-refractivity contribution in [1.29, 1.82) is 0 Å². The molecule has 1 aromatic carbocycles. The van der Waals surface area contributed by atoms with Crippen LogP contribution in [-0.4, -0.2) is 55.7 Å². The van der Waals surface area contributed by atoms with Crippen molar-refractivity contribution in [2.75, 3.05) is 33.0 Å². The van der Waals surface area contributed by atoms with Crippen LogP contribution in [-0.2, 0) is 16.0 Å². The lowest BCUT2D eigenvalue weighted by Gasteiger charge is -2.33. The van der Waals surface area contributed by atoms with Crippen LogP contribution < -0.4 is 20.1 Å². The van der Waals surface area contributed by atoms with E-state index in [9.17, 15) is 9.59 Å². The van der Waals surface area contributed by atoms with Crippen molar-refractivity contribution in [3.05, 3.63) is 23.8 Å². The first-order chi connectivity index (χ1) is 11.7. The van der Waals surface area contributed by atoms with E-state index in [2.05, 4.69) is 10.6 Å². The zero-order valence-electron chi connectivity index (χ0n) is 13.8. The average molecular weight is 333 g/mol. The minimum Gasteiger partial charge on any atom is -0.454 e. The third kappa shape index (κ3) is 3.79. The van der Waals surface area contributed by atoms with Crippen LogP contribution in [0.5, 0.6) is 11.5 Å². The lowest BCUT2D eigenvalue weighted by atomic mass is 10.1. The van der Waals surface area contributed by atoms with Crippen molar-refractivity contribution < 1.29 is 19.1 Å². The highest BCUT2D eigenvalue weighted by Gasteiger charge is 2.30. The fraction of sp³-hybridized carbons (Fsp3) is 0.529. The van der Waals surface area contributed by atoms with E-state index in [1.54, 1.807) is 0 Å². The number of fused-ring (bicyclic) bond motifs is 1. The maximum Gasteiger partial charge on any atom is 0.237 e. The van der Waals surface area contributed by atoms with Crippen LogP contribution in [0.1, 0.15) is 18.9 Å². The number of ether oxygens (including phenoxy) is 2. The molecule has 1 atom stereocenters. The number of amides is 2. The van der Waals surface area contributed by atoms with Gasteiger partial charge in [0, 0.05) is 19.6 Å². The molecule has 2 aliphatic rings. The minimum atomic E-state index is -0.366. The highest BCUT2D eigenvalue weighted by atomic mass is 16.7. The molecule has 0 bridgehead atoms. The maximum atomic E-state index is 12.1. The van der Waals surface area contributed by atoms with E-state index >= 15 is 0 Å². The normalized spacial score (nSPS) is 19.9. The third-order valence-corrected chi connectivity index (χ3v) is 4.40. The summed E-state index contributed by atoms with van der Waals surface area (Å²) in [5.74, 6) is 1.34. The number of rotatable bonds is 6. The standard InChI is InChI=1S/C17H23N3O4/c1-2-20-8-7-19-17(22)13(20)10-16(21)18-6-5-12-3-4-14-15(9-12)24-11-23-14/h3-4,9,13H,2,5-8,10-11H2,1H3,(H,18,21)(H,19,22)/t13-/m1/s1. The van der Waals surface area contributed by atoms with Gasteiger partial charge in [-0.05, 0) is 30.7 Å². The zero-order chi connectivity index (χ0) is 16.9. The average Bonchev–Trinajstić information content (AvgIpc) is 3.04. The lowest BCUT2D eigenvalue weighted by molar-refractivity contribution is -0.133. The van der Waals surface area contributed by atoms with Crippen molar-refractivity contribution in [3.63, 3.8) is 0 Å². The van der Waals surface area contributed by atoms with Crippen molar-refractivity contribution in [2.24, 2.45) is 0 Å². The van der Waals surface area contributed by atoms with Crippen LogP contribution in [0.25, 0.3) is 0 Å². The molecule has 130 valence electrons. The van der Waals surface area contributed by atoms with Crippen molar-refractivity contribution in [1.82, 2.24) is 15.5 Å². The van der Waals surface area contributed by atoms with E-state index in [4.69, 9.17) is 9.47 Å². The molecule has 0 aliphatic carbocycles. The summed E-state index contributed by atoms with van der Waals surface area (Å²) >= 11 is 0. The first-order valence-corrected chi connectivity index (χ1v) is 8.34. The Morgan fingerprint density at radius 3 is 3.04 bits per heavy atom. The molecular weight excluding hydrogens is 310 g/mol. The van der Waals surface area contributed by atoms with Gasteiger partial charge in [-0.1, -0.05) is 13.0 Å². The van der Waals surface area contributed by atoms with E-state index in [1.807, 2.05) is 30.0 Å². The largest absolute Gasteiger partial charge is 0.454 e. The van der Waals surface area contributed by atoms with Gasteiger partial charge in [0.2, 0.25) is 18.6 Å². The second kappa shape index (κ2) is 7.53. The second-order valence-electron chi connectivity index (χ2n) is 5.93. The smallest absolute Gasteiger partial charge is 0.237 e. The molecule has 0 unspecified atom stereocenters. The Labute approximate surface area is 141 Å². The lowest BCUT2D eigenvalue weighted by Crippen LogP contribution is -2.56. The fourth-order valence-corrected chi connectivity index (χ4v) is 3.05. The van der Waals surface area contributed by atoms with Gasteiger partial charge in [0.1, 0.15) is 0 Å². The number of piperazine rings is 1. The number of carbonyl (C=O) groups is 2. The molecule has 0 saturated carbocycles. The number of hydrogen-bond acceptors (Lipinski definition) is 5. The van der Waals surface area contributed by atoms with E-state index in [1.165, 1.54) is 0 Å². The molecule has 2 aliphatic heterocycles. The Morgan fingerprint density at radius 1 is 1.38 bits per heavy atom. The number of nitrogens with one attached hydrogen (secondary N) is 2. The maximum absolute atomic E-state index is 12.1. The molecule has 7 nitrogen and oxygen atoms in total. The van der Waals surface area contributed by atoms with Crippen LogP contribution in [0, 0.1) is 0 Å². The zero-order valence-corrected chi connectivity index (χ0v) is 13.8. The van der Waals surface area contributed by atoms with Gasteiger partial charge < -0.3 is 20.1 Å². The van der Waals surface area contributed by atoms with Crippen molar-refractivity contribution >= 4 is 11.8 Å².